The Morgan fingerprint density at radius 2 is 1.97 bits per heavy atom. The van der Waals surface area contributed by atoms with Gasteiger partial charge in [-0.25, -0.2) is 14.4 Å². The van der Waals surface area contributed by atoms with E-state index in [0.717, 1.165) is 34.0 Å². The van der Waals surface area contributed by atoms with E-state index in [1.165, 1.54) is 12.1 Å². The Labute approximate surface area is 201 Å². The van der Waals surface area contributed by atoms with E-state index in [1.54, 1.807) is 24.5 Å². The average molecular weight is 477 g/mol. The first-order valence-electron chi connectivity index (χ1n) is 10.8. The topological polar surface area (TPSA) is 75.9 Å². The number of anilines is 2. The molecule has 4 aromatic rings. The number of fused-ring (bicyclic) bond motifs is 1. The molecule has 0 saturated heterocycles. The molecule has 0 bridgehead atoms. The van der Waals surface area contributed by atoms with Crippen molar-refractivity contribution in [3.63, 3.8) is 0 Å². The van der Waals surface area contributed by atoms with Crippen LogP contribution in [0.15, 0.2) is 55.0 Å². The molecular formula is C25H22ClFN6O. The number of pyridine rings is 2. The van der Waals surface area contributed by atoms with E-state index in [4.69, 9.17) is 11.6 Å². The van der Waals surface area contributed by atoms with Gasteiger partial charge in [-0.2, -0.15) is 0 Å². The number of carbonyl (C=O) groups excluding carboxylic acids is 1. The van der Waals surface area contributed by atoms with E-state index in [1.807, 2.05) is 30.7 Å². The van der Waals surface area contributed by atoms with Crippen molar-refractivity contribution < 1.29 is 9.18 Å². The molecule has 0 fully saturated rings. The summed E-state index contributed by atoms with van der Waals surface area (Å²) in [4.78, 5) is 28.4. The van der Waals surface area contributed by atoms with Crippen molar-refractivity contribution in [1.82, 2.24) is 19.5 Å². The van der Waals surface area contributed by atoms with Gasteiger partial charge in [-0.3, -0.25) is 9.78 Å². The minimum atomic E-state index is -0.413. The van der Waals surface area contributed by atoms with Crippen molar-refractivity contribution in [2.45, 2.75) is 26.9 Å². The zero-order valence-corrected chi connectivity index (χ0v) is 19.5. The van der Waals surface area contributed by atoms with Crippen LogP contribution in [0.2, 0.25) is 5.02 Å². The number of aryl methyl sites for hydroxylation is 2. The molecule has 0 aliphatic carbocycles. The molecular weight excluding hydrogens is 455 g/mol. The van der Waals surface area contributed by atoms with E-state index in [9.17, 15) is 9.18 Å². The van der Waals surface area contributed by atoms with Crippen LogP contribution in [0.3, 0.4) is 0 Å². The molecule has 0 radical (unpaired) electrons. The van der Waals surface area contributed by atoms with Gasteiger partial charge in [0.25, 0.3) is 5.91 Å². The smallest absolute Gasteiger partial charge is 0.275 e. The van der Waals surface area contributed by atoms with Crippen LogP contribution in [0.1, 0.15) is 27.4 Å². The standard InChI is InChI=1S/C25H22ClFN6O/c1-15-8-16(2)24(29-11-15)19-10-22(28-12-20(19)26)33-7-6-32-13-21(31-23(32)14-33)25(34)30-18-5-3-4-17(27)9-18/h3-5,8-13H,6-7,14H2,1-2H3,(H,30,34). The molecule has 1 N–H and O–H groups in total. The van der Waals surface area contributed by atoms with E-state index in [2.05, 4.69) is 31.2 Å². The summed E-state index contributed by atoms with van der Waals surface area (Å²) in [6.07, 6.45) is 5.20. The lowest BCUT2D eigenvalue weighted by molar-refractivity contribution is 0.102. The van der Waals surface area contributed by atoms with Crippen LogP contribution in [0, 0.1) is 19.7 Å². The number of nitrogens with zero attached hydrogens (tertiary/aromatic N) is 5. The minimum absolute atomic E-state index is 0.283. The number of nitrogens with one attached hydrogen (secondary N) is 1. The van der Waals surface area contributed by atoms with E-state index >= 15 is 0 Å². The molecule has 0 atom stereocenters. The van der Waals surface area contributed by atoms with E-state index in [0.29, 0.717) is 30.3 Å². The number of carbonyl (C=O) groups is 1. The Morgan fingerprint density at radius 1 is 1.12 bits per heavy atom. The molecule has 0 spiro atoms. The zero-order chi connectivity index (χ0) is 23.8. The zero-order valence-electron chi connectivity index (χ0n) is 18.7. The van der Waals surface area contributed by atoms with Gasteiger partial charge in [-0.05, 0) is 49.2 Å². The molecule has 1 aromatic carbocycles. The van der Waals surface area contributed by atoms with E-state index in [-0.39, 0.29) is 11.6 Å². The molecule has 0 saturated carbocycles. The maximum atomic E-state index is 13.4. The Balaban J connectivity index is 1.37. The highest BCUT2D eigenvalue weighted by atomic mass is 35.5. The summed E-state index contributed by atoms with van der Waals surface area (Å²) in [6, 6.07) is 9.79. The fourth-order valence-corrected chi connectivity index (χ4v) is 4.29. The van der Waals surface area contributed by atoms with Crippen LogP contribution in [0.4, 0.5) is 15.9 Å². The number of hydrogen-bond acceptors (Lipinski definition) is 5. The molecule has 1 aliphatic rings. The minimum Gasteiger partial charge on any atom is -0.347 e. The Kier molecular flexibility index (Phi) is 5.75. The maximum absolute atomic E-state index is 13.4. The second-order valence-electron chi connectivity index (χ2n) is 8.32. The fraction of sp³-hybridized carbons (Fsp3) is 0.200. The Hall–Kier alpha value is -3.78. The monoisotopic (exact) mass is 476 g/mol. The molecule has 1 aliphatic heterocycles. The number of halogens is 2. The van der Waals surface area contributed by atoms with Crippen LogP contribution in [-0.4, -0.2) is 32.0 Å². The van der Waals surface area contributed by atoms with Gasteiger partial charge < -0.3 is 14.8 Å². The quantitative estimate of drug-likeness (QED) is 0.447. The predicted molar refractivity (Wildman–Crippen MR) is 130 cm³/mol. The SMILES string of the molecule is Cc1cnc(-c2cc(N3CCn4cc(C(=O)Nc5cccc(F)c5)nc4C3)ncc2Cl)c(C)c1. The van der Waals surface area contributed by atoms with Crippen molar-refractivity contribution in [2.75, 3.05) is 16.8 Å². The second-order valence-corrected chi connectivity index (χ2v) is 8.73. The largest absolute Gasteiger partial charge is 0.347 e. The van der Waals surface area contributed by atoms with Gasteiger partial charge in [0, 0.05) is 42.9 Å². The van der Waals surface area contributed by atoms with Crippen molar-refractivity contribution in [1.29, 1.82) is 0 Å². The second kappa shape index (κ2) is 8.87. The molecule has 4 heterocycles. The van der Waals surface area contributed by atoms with Gasteiger partial charge in [0.2, 0.25) is 0 Å². The average Bonchev–Trinajstić information content (AvgIpc) is 3.24. The van der Waals surface area contributed by atoms with Gasteiger partial charge in [0.1, 0.15) is 23.2 Å². The number of imidazole rings is 1. The summed E-state index contributed by atoms with van der Waals surface area (Å²) >= 11 is 6.47. The molecule has 3 aromatic heterocycles. The number of rotatable bonds is 4. The molecule has 9 heteroatoms. The lowest BCUT2D eigenvalue weighted by atomic mass is 10.1. The first-order chi connectivity index (χ1) is 16.4. The summed E-state index contributed by atoms with van der Waals surface area (Å²) in [5.74, 6) is 0.718. The van der Waals surface area contributed by atoms with Crippen LogP contribution in [-0.2, 0) is 13.1 Å². The number of amides is 1. The van der Waals surface area contributed by atoms with Gasteiger partial charge in [0.05, 0.1) is 17.3 Å². The summed E-state index contributed by atoms with van der Waals surface area (Å²) in [5.41, 5.74) is 4.46. The molecule has 1 amide bonds. The Morgan fingerprint density at radius 3 is 2.76 bits per heavy atom. The first kappa shape index (κ1) is 22.0. The van der Waals surface area contributed by atoms with Crippen LogP contribution < -0.4 is 10.2 Å². The molecule has 0 unspecified atom stereocenters. The van der Waals surface area contributed by atoms with Crippen molar-refractivity contribution in [3.8, 4) is 11.3 Å². The fourth-order valence-electron chi connectivity index (χ4n) is 4.10. The van der Waals surface area contributed by atoms with E-state index < -0.39 is 5.82 Å². The summed E-state index contributed by atoms with van der Waals surface area (Å²) in [6.45, 7) is 5.85. The highest BCUT2D eigenvalue weighted by molar-refractivity contribution is 6.33. The maximum Gasteiger partial charge on any atom is 0.275 e. The number of hydrogen-bond donors (Lipinski definition) is 1. The van der Waals surface area contributed by atoms with Crippen molar-refractivity contribution in [2.24, 2.45) is 0 Å². The van der Waals surface area contributed by atoms with Gasteiger partial charge in [-0.15, -0.1) is 0 Å². The summed E-state index contributed by atoms with van der Waals surface area (Å²) < 4.78 is 15.4. The molecule has 5 rings (SSSR count). The van der Waals surface area contributed by atoms with Crippen LogP contribution in [0.5, 0.6) is 0 Å². The van der Waals surface area contributed by atoms with Crippen molar-refractivity contribution in [3.05, 3.63) is 88.5 Å². The number of aromatic nitrogens is 4. The normalized spacial score (nSPS) is 13.0. The van der Waals surface area contributed by atoms with Crippen molar-refractivity contribution >= 4 is 29.0 Å². The van der Waals surface area contributed by atoms with Crippen LogP contribution >= 0.6 is 11.6 Å². The third kappa shape index (κ3) is 4.36. The summed E-state index contributed by atoms with van der Waals surface area (Å²) in [7, 11) is 0. The highest BCUT2D eigenvalue weighted by Gasteiger charge is 2.23. The lowest BCUT2D eigenvalue weighted by Crippen LogP contribution is -2.34. The van der Waals surface area contributed by atoms with Crippen LogP contribution in [0.25, 0.3) is 11.3 Å². The summed E-state index contributed by atoms with van der Waals surface area (Å²) in [5, 5.41) is 3.23. The Bertz CT molecular complexity index is 1400. The number of benzene rings is 1. The third-order valence-electron chi connectivity index (χ3n) is 5.75. The third-order valence-corrected chi connectivity index (χ3v) is 6.05. The van der Waals surface area contributed by atoms with Gasteiger partial charge >= 0.3 is 0 Å². The molecule has 172 valence electrons. The van der Waals surface area contributed by atoms with Gasteiger partial charge in [-0.1, -0.05) is 23.7 Å². The highest BCUT2D eigenvalue weighted by Crippen LogP contribution is 2.32. The predicted octanol–water partition coefficient (Wildman–Crippen LogP) is 5.02. The molecule has 34 heavy (non-hydrogen) atoms. The lowest BCUT2D eigenvalue weighted by Gasteiger charge is -2.29. The first-order valence-corrected chi connectivity index (χ1v) is 11.2. The molecule has 7 nitrogen and oxygen atoms in total. The van der Waals surface area contributed by atoms with Gasteiger partial charge in [0.15, 0.2) is 0 Å².